The van der Waals surface area contributed by atoms with Gasteiger partial charge in [0.25, 0.3) is 5.91 Å². The van der Waals surface area contributed by atoms with Crippen LogP contribution in [-0.4, -0.2) is 59.2 Å². The highest BCUT2D eigenvalue weighted by molar-refractivity contribution is 6.43. The molecule has 2 fully saturated rings. The number of hydrogen-bond acceptors (Lipinski definition) is 6. The minimum absolute atomic E-state index is 0.00739. The van der Waals surface area contributed by atoms with E-state index in [1.54, 1.807) is 11.0 Å². The van der Waals surface area contributed by atoms with Gasteiger partial charge in [0.2, 0.25) is 0 Å². The highest BCUT2D eigenvalue weighted by atomic mass is 16.5. The Morgan fingerprint density at radius 2 is 2.03 bits per heavy atom. The summed E-state index contributed by atoms with van der Waals surface area (Å²) in [5.41, 5.74) is 0.627. The van der Waals surface area contributed by atoms with Crippen LogP contribution in [0.25, 0.3) is 0 Å². The quantitative estimate of drug-likeness (QED) is 0.338. The number of nitrogens with one attached hydrogen (secondary N) is 1. The van der Waals surface area contributed by atoms with Crippen LogP contribution in [0.4, 0.5) is 4.79 Å². The first kappa shape index (κ1) is 23.8. The van der Waals surface area contributed by atoms with Gasteiger partial charge in [-0.25, -0.2) is 4.79 Å². The van der Waals surface area contributed by atoms with Crippen molar-refractivity contribution in [3.63, 3.8) is 0 Å². The van der Waals surface area contributed by atoms with Gasteiger partial charge in [0.15, 0.2) is 0 Å². The zero-order valence-corrected chi connectivity index (χ0v) is 18.7. The minimum atomic E-state index is -1.75. The fourth-order valence-electron chi connectivity index (χ4n) is 4.20. The highest BCUT2D eigenvalue weighted by Gasteiger charge is 2.54. The van der Waals surface area contributed by atoms with Crippen LogP contribution in [-0.2, 0) is 16.0 Å². The van der Waals surface area contributed by atoms with Crippen molar-refractivity contribution in [1.82, 2.24) is 10.2 Å². The molecule has 32 heavy (non-hydrogen) atoms. The Balaban J connectivity index is 1.59. The number of likely N-dealkylation sites (tertiary alicyclic amines) is 1. The van der Waals surface area contributed by atoms with E-state index in [1.165, 1.54) is 0 Å². The molecule has 1 heterocycles. The first-order valence-electron chi connectivity index (χ1n) is 10.9. The number of allylic oxidation sites excluding steroid dienone is 1. The Morgan fingerprint density at radius 1 is 1.34 bits per heavy atom. The Kier molecular flexibility index (Phi) is 7.27. The Morgan fingerprint density at radius 3 is 2.62 bits per heavy atom. The van der Waals surface area contributed by atoms with E-state index in [2.05, 4.69) is 5.32 Å². The molecule has 3 rings (SSSR count). The third kappa shape index (κ3) is 6.12. The molecule has 8 nitrogen and oxygen atoms in total. The first-order valence-corrected chi connectivity index (χ1v) is 10.9. The van der Waals surface area contributed by atoms with Crippen molar-refractivity contribution >= 4 is 19.1 Å². The van der Waals surface area contributed by atoms with E-state index in [4.69, 9.17) is 4.74 Å². The maximum atomic E-state index is 13.0. The van der Waals surface area contributed by atoms with Crippen molar-refractivity contribution in [2.75, 3.05) is 13.2 Å². The fourth-order valence-corrected chi connectivity index (χ4v) is 4.20. The van der Waals surface area contributed by atoms with Gasteiger partial charge in [-0.05, 0) is 35.7 Å². The summed E-state index contributed by atoms with van der Waals surface area (Å²) in [4.78, 5) is 26.9. The normalized spacial score (nSPS) is 23.1. The van der Waals surface area contributed by atoms with E-state index in [0.717, 1.165) is 12.0 Å². The smallest absolute Gasteiger partial charge is 0.447 e. The lowest BCUT2D eigenvalue weighted by atomic mass is 9.76. The van der Waals surface area contributed by atoms with Gasteiger partial charge in [0, 0.05) is 6.54 Å². The third-order valence-electron chi connectivity index (χ3n) is 5.84. The molecular formula is C23H30BN3O5. The van der Waals surface area contributed by atoms with Crippen LogP contribution in [0.2, 0.25) is 0 Å². The zero-order chi connectivity index (χ0) is 23.5. The third-order valence-corrected chi connectivity index (χ3v) is 5.84. The van der Waals surface area contributed by atoms with Gasteiger partial charge in [-0.2, -0.15) is 5.26 Å². The molecule has 1 aliphatic carbocycles. The molecule has 1 aliphatic heterocycles. The lowest BCUT2D eigenvalue weighted by molar-refractivity contribution is -0.129. The van der Waals surface area contributed by atoms with Crippen molar-refractivity contribution in [3.05, 3.63) is 47.5 Å². The van der Waals surface area contributed by atoms with E-state index in [-0.39, 0.29) is 41.9 Å². The van der Waals surface area contributed by atoms with Gasteiger partial charge in [0.1, 0.15) is 18.2 Å². The maximum Gasteiger partial charge on any atom is 0.475 e. The molecule has 0 radical (unpaired) electrons. The van der Waals surface area contributed by atoms with Gasteiger partial charge < -0.3 is 25.0 Å². The summed E-state index contributed by atoms with van der Waals surface area (Å²) in [5, 5.41) is 31.2. The lowest BCUT2D eigenvalue weighted by Gasteiger charge is -2.28. The molecule has 170 valence electrons. The van der Waals surface area contributed by atoms with Crippen molar-refractivity contribution < 1.29 is 24.4 Å². The number of fused-ring (bicyclic) bond motifs is 1. The zero-order valence-electron chi connectivity index (χ0n) is 18.7. The minimum Gasteiger partial charge on any atom is -0.447 e. The number of rotatable bonds is 7. The van der Waals surface area contributed by atoms with Crippen LogP contribution in [0.1, 0.15) is 32.8 Å². The number of alkyl carbamates (subject to hydrolysis) is 1. The second-order valence-electron chi connectivity index (χ2n) is 9.67. The number of carbonyl (C=O) groups is 2. The molecule has 0 spiro atoms. The molecule has 4 atom stereocenters. The molecule has 1 saturated carbocycles. The number of piperidine rings is 1. The highest BCUT2D eigenvalue weighted by Crippen LogP contribution is 2.50. The van der Waals surface area contributed by atoms with Crippen LogP contribution >= 0.6 is 0 Å². The van der Waals surface area contributed by atoms with Crippen molar-refractivity contribution in [3.8, 4) is 6.07 Å². The predicted octanol–water partition coefficient (Wildman–Crippen LogP) is 1.68. The SMILES string of the molecule is CC(C)(C)/C=C(\C#N)C(=O)N1C[C@@H]2C[C@@H]2[C@@H]1COC(=O)N[C@@H](Cc1ccccc1)B(O)O. The lowest BCUT2D eigenvalue weighted by Crippen LogP contribution is -2.49. The molecule has 2 aliphatic rings. The summed E-state index contributed by atoms with van der Waals surface area (Å²) < 4.78 is 5.37. The maximum absolute atomic E-state index is 13.0. The number of amides is 2. The summed E-state index contributed by atoms with van der Waals surface area (Å²) in [6.07, 6.45) is 2.09. The van der Waals surface area contributed by atoms with Crippen LogP contribution in [0, 0.1) is 28.6 Å². The van der Waals surface area contributed by atoms with Crippen molar-refractivity contribution in [2.45, 2.75) is 45.6 Å². The summed E-state index contributed by atoms with van der Waals surface area (Å²) >= 11 is 0. The van der Waals surface area contributed by atoms with Crippen LogP contribution < -0.4 is 5.32 Å². The Labute approximate surface area is 189 Å². The Bertz CT molecular complexity index is 906. The number of ether oxygens (including phenoxy) is 1. The molecule has 2 amide bonds. The number of carbonyl (C=O) groups excluding carboxylic acids is 2. The average molecular weight is 439 g/mol. The average Bonchev–Trinajstić information content (AvgIpc) is 3.41. The monoisotopic (exact) mass is 439 g/mol. The summed E-state index contributed by atoms with van der Waals surface area (Å²) in [7, 11) is -1.75. The molecule has 1 saturated heterocycles. The molecule has 9 heteroatoms. The number of hydrogen-bond donors (Lipinski definition) is 3. The summed E-state index contributed by atoms with van der Waals surface area (Å²) in [5.74, 6) is -0.642. The second-order valence-corrected chi connectivity index (χ2v) is 9.67. The van der Waals surface area contributed by atoms with Gasteiger partial charge in [-0.3, -0.25) is 4.79 Å². The van der Waals surface area contributed by atoms with Gasteiger partial charge in [0.05, 0.1) is 12.0 Å². The van der Waals surface area contributed by atoms with E-state index < -0.39 is 19.2 Å². The molecule has 0 unspecified atom stereocenters. The Hall–Kier alpha value is -2.83. The van der Waals surface area contributed by atoms with Crippen LogP contribution in [0.3, 0.4) is 0 Å². The van der Waals surface area contributed by atoms with Gasteiger partial charge in [-0.1, -0.05) is 57.2 Å². The first-order chi connectivity index (χ1) is 15.1. The van der Waals surface area contributed by atoms with Gasteiger partial charge in [-0.15, -0.1) is 0 Å². The van der Waals surface area contributed by atoms with Gasteiger partial charge >= 0.3 is 13.2 Å². The molecule has 1 aromatic carbocycles. The number of benzene rings is 1. The van der Waals surface area contributed by atoms with E-state index in [9.17, 15) is 24.9 Å². The van der Waals surface area contributed by atoms with Crippen molar-refractivity contribution in [1.29, 1.82) is 5.26 Å². The summed E-state index contributed by atoms with van der Waals surface area (Å²) in [6.45, 7) is 6.31. The topological polar surface area (TPSA) is 123 Å². The van der Waals surface area contributed by atoms with Crippen LogP contribution in [0.15, 0.2) is 42.0 Å². The van der Waals surface area contributed by atoms with E-state index >= 15 is 0 Å². The number of nitrogens with zero attached hydrogens (tertiary/aromatic N) is 2. The molecule has 1 aromatic rings. The molecule has 0 aromatic heterocycles. The number of nitriles is 1. The predicted molar refractivity (Wildman–Crippen MR) is 119 cm³/mol. The second kappa shape index (κ2) is 9.76. The van der Waals surface area contributed by atoms with E-state index in [0.29, 0.717) is 12.5 Å². The fraction of sp³-hybridized carbons (Fsp3) is 0.522. The molecule has 3 N–H and O–H groups in total. The molecular weight excluding hydrogens is 409 g/mol. The van der Waals surface area contributed by atoms with Crippen molar-refractivity contribution in [2.24, 2.45) is 17.3 Å². The standard InChI is InChI=1S/C23H30BN3O5/c1-23(2,3)11-17(12-25)21(28)27-13-16-10-18(16)19(27)14-32-22(29)26-20(24(30)31)9-15-7-5-4-6-8-15/h4-8,11,16,18-20,30-31H,9-10,13-14H2,1-3H3,(H,26,29)/b17-11+/t16-,18-,19-,20-/m0/s1. The van der Waals surface area contributed by atoms with E-state index in [1.807, 2.05) is 57.2 Å². The van der Waals surface area contributed by atoms with Crippen LogP contribution in [0.5, 0.6) is 0 Å². The largest absolute Gasteiger partial charge is 0.475 e. The summed E-state index contributed by atoms with van der Waals surface area (Å²) in [6, 6.07) is 10.9. The molecule has 0 bridgehead atoms.